The van der Waals surface area contributed by atoms with Crippen molar-refractivity contribution in [2.24, 2.45) is 0 Å². The Kier molecular flexibility index (Phi) is 5.13. The van der Waals surface area contributed by atoms with Crippen LogP contribution in [0.15, 0.2) is 18.2 Å². The highest BCUT2D eigenvalue weighted by Gasteiger charge is 2.32. The Balaban J connectivity index is 2.07. The lowest BCUT2D eigenvalue weighted by atomic mass is 10.1. The monoisotopic (exact) mass is 354 g/mol. The molecule has 0 N–H and O–H groups in total. The van der Waals surface area contributed by atoms with E-state index in [0.717, 1.165) is 24.2 Å². The fourth-order valence-corrected chi connectivity index (χ4v) is 2.91. The van der Waals surface area contributed by atoms with Crippen molar-refractivity contribution in [2.75, 3.05) is 6.23 Å². The second kappa shape index (κ2) is 6.32. The van der Waals surface area contributed by atoms with E-state index in [0.29, 0.717) is 12.4 Å². The number of benzene rings is 1. The third-order valence-electron chi connectivity index (χ3n) is 3.00. The minimum Gasteiger partial charge on any atom is -0.493 e. The largest absolute Gasteiger partial charge is 0.493 e. The van der Waals surface area contributed by atoms with Crippen LogP contribution in [-0.4, -0.2) is 18.0 Å². The number of halogens is 3. The Morgan fingerprint density at radius 2 is 2.10 bits per heavy atom. The van der Waals surface area contributed by atoms with Gasteiger partial charge >= 0.3 is 6.00 Å². The molecule has 3 nitrogen and oxygen atoms in total. The van der Waals surface area contributed by atoms with Crippen LogP contribution < -0.4 is 9.47 Å². The second-order valence-corrected chi connectivity index (χ2v) is 14.0. The first kappa shape index (κ1) is 16.2. The summed E-state index contributed by atoms with van der Waals surface area (Å²) in [4.78, 5) is 0. The van der Waals surface area contributed by atoms with Crippen LogP contribution in [0.3, 0.4) is 0 Å². The van der Waals surface area contributed by atoms with Crippen LogP contribution in [0.1, 0.15) is 32.3 Å². The Labute approximate surface area is 134 Å². The first-order valence-corrected chi connectivity index (χ1v) is 11.7. The molecule has 0 radical (unpaired) electrons. The van der Waals surface area contributed by atoms with Crippen LogP contribution >= 0.6 is 33.2 Å². The highest BCUT2D eigenvalue weighted by Crippen LogP contribution is 2.36. The van der Waals surface area contributed by atoms with Gasteiger partial charge in [-0.25, -0.2) is 0 Å². The molecule has 1 atom stereocenters. The van der Waals surface area contributed by atoms with Crippen LogP contribution in [0.25, 0.3) is 0 Å². The number of hydrogen-bond acceptors (Lipinski definition) is 3. The quantitative estimate of drug-likeness (QED) is 0.566. The van der Waals surface area contributed by atoms with Crippen molar-refractivity contribution in [1.82, 2.24) is 0 Å². The van der Waals surface area contributed by atoms with Crippen LogP contribution in [0, 0.1) is 0 Å². The molecular formula is C13H17Cl3O3Si. The number of rotatable bonds is 5. The predicted octanol–water partition coefficient (Wildman–Crippen LogP) is 4.69. The smallest absolute Gasteiger partial charge is 0.377 e. The van der Waals surface area contributed by atoms with E-state index in [-0.39, 0.29) is 6.23 Å². The zero-order valence-corrected chi connectivity index (χ0v) is 14.7. The van der Waals surface area contributed by atoms with E-state index in [9.17, 15) is 0 Å². The van der Waals surface area contributed by atoms with Crippen molar-refractivity contribution in [1.29, 1.82) is 0 Å². The maximum absolute atomic E-state index is 5.91. The van der Waals surface area contributed by atoms with Crippen molar-refractivity contribution < 1.29 is 14.2 Å². The molecule has 1 aromatic rings. The van der Waals surface area contributed by atoms with E-state index in [1.54, 1.807) is 0 Å². The minimum absolute atomic E-state index is 0.131. The zero-order chi connectivity index (χ0) is 14.8. The summed E-state index contributed by atoms with van der Waals surface area (Å²) in [5, 5.41) is 0. The van der Waals surface area contributed by atoms with Crippen LogP contribution in [0.2, 0.25) is 0 Å². The van der Waals surface area contributed by atoms with Gasteiger partial charge in [0.1, 0.15) is 17.7 Å². The predicted molar refractivity (Wildman–Crippen MR) is 84.0 cm³/mol. The maximum atomic E-state index is 5.91. The highest BCUT2D eigenvalue weighted by molar-refractivity contribution is 7.64. The molecule has 0 amide bonds. The third kappa shape index (κ3) is 4.43. The molecule has 2 rings (SSSR count). The molecule has 0 aliphatic carbocycles. The molecule has 1 aliphatic heterocycles. The van der Waals surface area contributed by atoms with Crippen molar-refractivity contribution in [2.45, 2.75) is 39.1 Å². The lowest BCUT2D eigenvalue weighted by Gasteiger charge is -2.35. The summed E-state index contributed by atoms with van der Waals surface area (Å²) in [7, 11) is 0. The highest BCUT2D eigenvalue weighted by atomic mass is 35.8. The van der Waals surface area contributed by atoms with Gasteiger partial charge in [-0.2, -0.15) is 0 Å². The minimum atomic E-state index is -2.78. The fraction of sp³-hybridized carbons (Fsp3) is 0.538. The summed E-state index contributed by atoms with van der Waals surface area (Å²) >= 11 is 17.4. The summed E-state index contributed by atoms with van der Waals surface area (Å²) in [6, 6.07) is 2.79. The molecule has 1 aliphatic rings. The van der Waals surface area contributed by atoms with Gasteiger partial charge in [-0.05, 0) is 24.6 Å². The average Bonchev–Trinajstić information content (AvgIpc) is 2.35. The van der Waals surface area contributed by atoms with Gasteiger partial charge in [-0.3, -0.25) is 0 Å². The maximum Gasteiger partial charge on any atom is 0.377 e. The van der Waals surface area contributed by atoms with Crippen molar-refractivity contribution in [3.8, 4) is 11.5 Å². The van der Waals surface area contributed by atoms with Gasteiger partial charge in [0.05, 0.1) is 6.61 Å². The summed E-state index contributed by atoms with van der Waals surface area (Å²) in [5.41, 5.74) is 0.946. The van der Waals surface area contributed by atoms with Crippen LogP contribution in [0.5, 0.6) is 11.5 Å². The summed E-state index contributed by atoms with van der Waals surface area (Å²) in [6.45, 7) is 4.55. The molecular weight excluding hydrogens is 339 g/mol. The normalized spacial score (nSPS) is 22.1. The van der Waals surface area contributed by atoms with Crippen LogP contribution in [-0.2, 0) is 11.3 Å². The summed E-state index contributed by atoms with van der Waals surface area (Å²) in [5.74, 6) is 0.939. The average molecular weight is 356 g/mol. The molecule has 0 saturated carbocycles. The number of hydrogen-bond donors (Lipinski definition) is 0. The molecule has 1 heterocycles. The fourth-order valence-electron chi connectivity index (χ4n) is 2.09. The molecule has 1 unspecified atom stereocenters. The first-order chi connectivity index (χ1) is 9.31. The van der Waals surface area contributed by atoms with Crippen molar-refractivity contribution in [3.63, 3.8) is 0 Å². The molecule has 7 heteroatoms. The number of fused-ring (bicyclic) bond motifs is 1. The molecule has 20 heavy (non-hydrogen) atoms. The van der Waals surface area contributed by atoms with Gasteiger partial charge in [-0.1, -0.05) is 6.92 Å². The van der Waals surface area contributed by atoms with Crippen molar-refractivity contribution >= 4 is 39.2 Å². The third-order valence-corrected chi connectivity index (χ3v) is 4.45. The molecule has 112 valence electrons. The van der Waals surface area contributed by atoms with Gasteiger partial charge in [0.2, 0.25) is 5.79 Å². The standard InChI is InChI=1S/C13H17Cl3O3Si/c1-3-6-13(2)18-8-10-7-11(4-5-12(10)19-13)17-9-20(14,15)16/h4-5,7H,3,6,8-9H2,1-2H3. The van der Waals surface area contributed by atoms with E-state index in [1.807, 2.05) is 25.1 Å². The van der Waals surface area contributed by atoms with Gasteiger partial charge in [0, 0.05) is 18.9 Å². The Bertz CT molecular complexity index is 478. The van der Waals surface area contributed by atoms with E-state index >= 15 is 0 Å². The van der Waals surface area contributed by atoms with Gasteiger partial charge in [0.15, 0.2) is 0 Å². The van der Waals surface area contributed by atoms with E-state index < -0.39 is 11.8 Å². The van der Waals surface area contributed by atoms with E-state index in [1.165, 1.54) is 0 Å². The number of ether oxygens (including phenoxy) is 3. The Morgan fingerprint density at radius 3 is 2.75 bits per heavy atom. The lowest BCUT2D eigenvalue weighted by molar-refractivity contribution is -0.197. The lowest BCUT2D eigenvalue weighted by Crippen LogP contribution is -2.38. The van der Waals surface area contributed by atoms with Gasteiger partial charge < -0.3 is 14.2 Å². The molecule has 0 aromatic heterocycles. The Hall–Kier alpha value is -0.133. The van der Waals surface area contributed by atoms with Crippen molar-refractivity contribution in [3.05, 3.63) is 23.8 Å². The van der Waals surface area contributed by atoms with Gasteiger partial charge in [-0.15, -0.1) is 33.2 Å². The second-order valence-electron chi connectivity index (χ2n) is 4.95. The zero-order valence-electron chi connectivity index (χ0n) is 11.4. The summed E-state index contributed by atoms with van der Waals surface area (Å²) < 4.78 is 17.2. The molecule has 0 fully saturated rings. The molecule has 1 aromatic carbocycles. The van der Waals surface area contributed by atoms with E-state index in [4.69, 9.17) is 47.4 Å². The first-order valence-electron chi connectivity index (χ1n) is 6.47. The SMILES string of the molecule is CCCC1(C)OCc2cc(OC[Si](Cl)(Cl)Cl)ccc2O1. The topological polar surface area (TPSA) is 27.7 Å². The molecule has 0 bridgehead atoms. The Morgan fingerprint density at radius 1 is 1.35 bits per heavy atom. The molecule has 0 saturated heterocycles. The summed E-state index contributed by atoms with van der Waals surface area (Å²) in [6.07, 6.45) is 1.98. The van der Waals surface area contributed by atoms with E-state index in [2.05, 4.69) is 6.92 Å². The molecule has 0 spiro atoms. The van der Waals surface area contributed by atoms with Crippen LogP contribution in [0.4, 0.5) is 0 Å². The van der Waals surface area contributed by atoms with Gasteiger partial charge in [0.25, 0.3) is 0 Å².